The van der Waals surface area contributed by atoms with Crippen LogP contribution in [0, 0.1) is 0 Å². The van der Waals surface area contributed by atoms with Crippen LogP contribution in [-0.2, 0) is 4.79 Å². The maximum atomic E-state index is 11.7. The molecule has 3 N–H and O–H groups in total. The van der Waals surface area contributed by atoms with Crippen molar-refractivity contribution < 1.29 is 9.59 Å². The van der Waals surface area contributed by atoms with Gasteiger partial charge < -0.3 is 16.0 Å². The van der Waals surface area contributed by atoms with Crippen LogP contribution in [0.15, 0.2) is 18.2 Å². The average Bonchev–Trinajstić information content (AvgIpc) is 3.11. The second-order valence-electron chi connectivity index (χ2n) is 5.03. The number of benzene rings is 1. The molecule has 0 saturated heterocycles. The van der Waals surface area contributed by atoms with Crippen LogP contribution < -0.4 is 16.0 Å². The molecule has 0 aromatic heterocycles. The fraction of sp³-hybridized carbons (Fsp3) is 0.429. The Bertz CT molecular complexity index is 509. The van der Waals surface area contributed by atoms with Crippen molar-refractivity contribution >= 4 is 23.1 Å². The Labute approximate surface area is 112 Å². The molecule has 0 aliphatic heterocycles. The summed E-state index contributed by atoms with van der Waals surface area (Å²) in [6.07, 6.45) is 2.16. The summed E-state index contributed by atoms with van der Waals surface area (Å²) >= 11 is 0. The van der Waals surface area contributed by atoms with E-state index in [0.29, 0.717) is 17.3 Å². The van der Waals surface area contributed by atoms with E-state index >= 15 is 0 Å². The number of amides is 1. The van der Waals surface area contributed by atoms with Crippen LogP contribution in [0.1, 0.15) is 30.1 Å². The van der Waals surface area contributed by atoms with E-state index < -0.39 is 0 Å². The molecule has 0 radical (unpaired) electrons. The van der Waals surface area contributed by atoms with E-state index in [2.05, 4.69) is 5.32 Å². The molecule has 0 bridgehead atoms. The van der Waals surface area contributed by atoms with Crippen LogP contribution in [0.3, 0.4) is 0 Å². The lowest BCUT2D eigenvalue weighted by Crippen LogP contribution is -2.36. The Balaban J connectivity index is 2.01. The second-order valence-corrected chi connectivity index (χ2v) is 5.03. The molecule has 2 rings (SSSR count). The van der Waals surface area contributed by atoms with Crippen molar-refractivity contribution in [1.29, 1.82) is 0 Å². The van der Waals surface area contributed by atoms with Gasteiger partial charge in [0.25, 0.3) is 0 Å². The Morgan fingerprint density at radius 1 is 1.42 bits per heavy atom. The zero-order valence-electron chi connectivity index (χ0n) is 11.3. The molecule has 0 spiro atoms. The molecule has 1 aromatic rings. The molecule has 0 heterocycles. The monoisotopic (exact) mass is 261 g/mol. The zero-order valence-corrected chi connectivity index (χ0v) is 11.3. The van der Waals surface area contributed by atoms with E-state index in [1.54, 1.807) is 18.2 Å². The van der Waals surface area contributed by atoms with Gasteiger partial charge >= 0.3 is 0 Å². The third kappa shape index (κ3) is 3.47. The maximum Gasteiger partial charge on any atom is 0.239 e. The fourth-order valence-electron chi connectivity index (χ4n) is 1.92. The smallest absolute Gasteiger partial charge is 0.239 e. The van der Waals surface area contributed by atoms with Crippen LogP contribution >= 0.6 is 0 Å². The first-order chi connectivity index (χ1) is 8.97. The first kappa shape index (κ1) is 13.4. The van der Waals surface area contributed by atoms with E-state index in [4.69, 9.17) is 5.73 Å². The van der Waals surface area contributed by atoms with Gasteiger partial charge in [0.1, 0.15) is 0 Å². The number of hydrogen-bond donors (Lipinski definition) is 2. The van der Waals surface area contributed by atoms with E-state index in [1.165, 1.54) is 6.92 Å². The summed E-state index contributed by atoms with van der Waals surface area (Å²) in [5, 5.41) is 2.93. The highest BCUT2D eigenvalue weighted by atomic mass is 16.2. The molecule has 19 heavy (non-hydrogen) atoms. The Kier molecular flexibility index (Phi) is 3.74. The number of hydrogen-bond acceptors (Lipinski definition) is 4. The fourth-order valence-corrected chi connectivity index (χ4v) is 1.92. The summed E-state index contributed by atoms with van der Waals surface area (Å²) < 4.78 is 0. The number of carbonyl (C=O) groups is 2. The highest BCUT2D eigenvalue weighted by Crippen LogP contribution is 2.21. The highest BCUT2D eigenvalue weighted by Gasteiger charge is 2.23. The Hall–Kier alpha value is -2.04. The number of likely N-dealkylation sites (N-methyl/N-ethyl adjacent to an activating group) is 1. The van der Waals surface area contributed by atoms with Gasteiger partial charge in [-0.2, -0.15) is 0 Å². The van der Waals surface area contributed by atoms with Gasteiger partial charge in [-0.05, 0) is 38.0 Å². The third-order valence-electron chi connectivity index (χ3n) is 3.18. The molecule has 1 fully saturated rings. The van der Waals surface area contributed by atoms with Crippen molar-refractivity contribution in [3.8, 4) is 0 Å². The van der Waals surface area contributed by atoms with Crippen molar-refractivity contribution in [2.24, 2.45) is 0 Å². The summed E-state index contributed by atoms with van der Waals surface area (Å²) in [4.78, 5) is 24.8. The summed E-state index contributed by atoms with van der Waals surface area (Å²) in [6.45, 7) is 1.77. The van der Waals surface area contributed by atoms with E-state index in [0.717, 1.165) is 18.5 Å². The maximum absolute atomic E-state index is 11.7. The van der Waals surface area contributed by atoms with Crippen molar-refractivity contribution in [1.82, 2.24) is 5.32 Å². The van der Waals surface area contributed by atoms with Crippen molar-refractivity contribution in [2.75, 3.05) is 24.2 Å². The zero-order chi connectivity index (χ0) is 14.0. The predicted octanol–water partition coefficient (Wildman–Crippen LogP) is 1.19. The lowest BCUT2D eigenvalue weighted by molar-refractivity contribution is -0.119. The van der Waals surface area contributed by atoms with Gasteiger partial charge in [0.05, 0.1) is 6.54 Å². The topological polar surface area (TPSA) is 75.4 Å². The molecule has 1 saturated carbocycles. The Morgan fingerprint density at radius 3 is 2.63 bits per heavy atom. The SMILES string of the molecule is CC(=O)c1ccc(N(C)CC(=O)NC2CC2)cc1N. The number of ketones is 1. The first-order valence-electron chi connectivity index (χ1n) is 6.38. The Morgan fingerprint density at radius 2 is 2.11 bits per heavy atom. The van der Waals surface area contributed by atoms with Gasteiger partial charge in [0.15, 0.2) is 5.78 Å². The number of rotatable bonds is 5. The lowest BCUT2D eigenvalue weighted by atomic mass is 10.1. The molecule has 5 heteroatoms. The number of nitrogens with zero attached hydrogens (tertiary/aromatic N) is 1. The minimum Gasteiger partial charge on any atom is -0.398 e. The average molecular weight is 261 g/mol. The largest absolute Gasteiger partial charge is 0.398 e. The summed E-state index contributed by atoms with van der Waals surface area (Å²) in [5.41, 5.74) is 7.62. The van der Waals surface area contributed by atoms with Crippen LogP contribution in [0.2, 0.25) is 0 Å². The molecule has 0 atom stereocenters. The first-order valence-corrected chi connectivity index (χ1v) is 6.38. The van der Waals surface area contributed by atoms with Gasteiger partial charge in [-0.3, -0.25) is 9.59 Å². The van der Waals surface area contributed by atoms with Gasteiger partial charge in [-0.25, -0.2) is 0 Å². The van der Waals surface area contributed by atoms with E-state index in [1.807, 2.05) is 11.9 Å². The number of carbonyl (C=O) groups excluding carboxylic acids is 2. The molecular weight excluding hydrogens is 242 g/mol. The number of nitrogens with two attached hydrogens (primary N) is 1. The van der Waals surface area contributed by atoms with Gasteiger partial charge in [-0.1, -0.05) is 0 Å². The van der Waals surface area contributed by atoms with Gasteiger partial charge in [0.2, 0.25) is 5.91 Å². The van der Waals surface area contributed by atoms with Crippen LogP contribution in [0.5, 0.6) is 0 Å². The molecule has 5 nitrogen and oxygen atoms in total. The van der Waals surface area contributed by atoms with E-state index in [9.17, 15) is 9.59 Å². The third-order valence-corrected chi connectivity index (χ3v) is 3.18. The molecule has 1 aliphatic carbocycles. The summed E-state index contributed by atoms with van der Waals surface area (Å²) in [7, 11) is 1.83. The van der Waals surface area contributed by atoms with Crippen molar-refractivity contribution in [3.05, 3.63) is 23.8 Å². The minimum absolute atomic E-state index is 0.0132. The minimum atomic E-state index is -0.0572. The highest BCUT2D eigenvalue weighted by molar-refractivity contribution is 5.99. The van der Waals surface area contributed by atoms with Crippen LogP contribution in [0.4, 0.5) is 11.4 Å². The van der Waals surface area contributed by atoms with Crippen LogP contribution in [0.25, 0.3) is 0 Å². The molecule has 0 unspecified atom stereocenters. The number of anilines is 2. The molecule has 1 aromatic carbocycles. The standard InChI is InChI=1S/C14H19N3O2/c1-9(18)12-6-5-11(7-13(12)15)17(2)8-14(19)16-10-3-4-10/h5-7,10H,3-4,8,15H2,1-2H3,(H,16,19). The summed E-state index contributed by atoms with van der Waals surface area (Å²) in [6, 6.07) is 5.59. The van der Waals surface area contributed by atoms with Crippen molar-refractivity contribution in [2.45, 2.75) is 25.8 Å². The number of nitrogen functional groups attached to an aromatic ring is 1. The lowest BCUT2D eigenvalue weighted by Gasteiger charge is -2.19. The van der Waals surface area contributed by atoms with E-state index in [-0.39, 0.29) is 18.2 Å². The number of Topliss-reactive ketones (excluding diaryl/α,β-unsaturated/α-hetero) is 1. The normalized spacial score (nSPS) is 14.0. The molecule has 1 aliphatic rings. The quantitative estimate of drug-likeness (QED) is 0.616. The van der Waals surface area contributed by atoms with Gasteiger partial charge in [-0.15, -0.1) is 0 Å². The second kappa shape index (κ2) is 5.30. The number of nitrogens with one attached hydrogen (secondary N) is 1. The van der Waals surface area contributed by atoms with Crippen molar-refractivity contribution in [3.63, 3.8) is 0 Å². The molecular formula is C14H19N3O2. The van der Waals surface area contributed by atoms with Gasteiger partial charge in [0, 0.05) is 30.0 Å². The summed E-state index contributed by atoms with van der Waals surface area (Å²) in [5.74, 6) is -0.0441. The predicted molar refractivity (Wildman–Crippen MR) is 75.3 cm³/mol. The molecule has 102 valence electrons. The van der Waals surface area contributed by atoms with Crippen LogP contribution in [-0.4, -0.2) is 31.3 Å². The molecule has 1 amide bonds.